The Balaban J connectivity index is 1.78. The number of rotatable bonds is 4. The topological polar surface area (TPSA) is 26.0 Å². The lowest BCUT2D eigenvalue weighted by molar-refractivity contribution is 0.597. The van der Waals surface area contributed by atoms with Gasteiger partial charge >= 0.3 is 0 Å². The minimum absolute atomic E-state index is 0.0552. The van der Waals surface area contributed by atoms with Gasteiger partial charge in [0.1, 0.15) is 5.82 Å². The SMILES string of the molecule is CC(N)Cc1ccc(Sc2ccc3c(c2)CCC3)c(F)c1. The van der Waals surface area contributed by atoms with Crippen LogP contribution < -0.4 is 5.73 Å². The second-order valence-corrected chi connectivity index (χ2v) is 6.95. The smallest absolute Gasteiger partial charge is 0.137 e. The first-order valence-corrected chi connectivity index (χ1v) is 8.27. The zero-order valence-electron chi connectivity index (χ0n) is 12.2. The molecule has 2 aromatic rings. The standard InChI is InChI=1S/C18H20FNS/c1-12(20)9-13-5-8-18(17(19)10-13)21-16-7-6-14-3-2-4-15(14)11-16/h5-8,10-12H,2-4,9,20H2,1H3. The quantitative estimate of drug-likeness (QED) is 0.908. The fourth-order valence-corrected chi connectivity index (χ4v) is 3.75. The van der Waals surface area contributed by atoms with Gasteiger partial charge in [0, 0.05) is 15.8 Å². The molecule has 0 fully saturated rings. The Kier molecular flexibility index (Phi) is 4.32. The Morgan fingerprint density at radius 1 is 1.14 bits per heavy atom. The van der Waals surface area contributed by atoms with Gasteiger partial charge in [-0.15, -0.1) is 0 Å². The molecule has 1 aliphatic carbocycles. The number of nitrogens with two attached hydrogens (primary N) is 1. The molecule has 1 atom stereocenters. The Morgan fingerprint density at radius 3 is 2.71 bits per heavy atom. The van der Waals surface area contributed by atoms with Crippen LogP contribution in [0.5, 0.6) is 0 Å². The highest BCUT2D eigenvalue weighted by molar-refractivity contribution is 7.99. The fraction of sp³-hybridized carbons (Fsp3) is 0.333. The van der Waals surface area contributed by atoms with Crippen molar-refractivity contribution >= 4 is 11.8 Å². The summed E-state index contributed by atoms with van der Waals surface area (Å²) in [6.45, 7) is 1.94. The molecule has 1 nitrogen and oxygen atoms in total. The first kappa shape index (κ1) is 14.6. The lowest BCUT2D eigenvalue weighted by Gasteiger charge is -2.09. The summed E-state index contributed by atoms with van der Waals surface area (Å²) in [7, 11) is 0. The van der Waals surface area contributed by atoms with E-state index >= 15 is 0 Å². The van der Waals surface area contributed by atoms with Gasteiger partial charge in [0.15, 0.2) is 0 Å². The van der Waals surface area contributed by atoms with Gasteiger partial charge < -0.3 is 5.73 Å². The van der Waals surface area contributed by atoms with Crippen LogP contribution in [0, 0.1) is 5.82 Å². The summed E-state index contributed by atoms with van der Waals surface area (Å²) < 4.78 is 14.2. The van der Waals surface area contributed by atoms with Gasteiger partial charge in [-0.25, -0.2) is 4.39 Å². The molecule has 2 aromatic carbocycles. The lowest BCUT2D eigenvalue weighted by atomic mass is 10.1. The van der Waals surface area contributed by atoms with E-state index in [9.17, 15) is 4.39 Å². The molecule has 0 saturated carbocycles. The minimum Gasteiger partial charge on any atom is -0.328 e. The number of hydrogen-bond acceptors (Lipinski definition) is 2. The molecule has 0 spiro atoms. The molecule has 0 saturated heterocycles. The van der Waals surface area contributed by atoms with Crippen LogP contribution in [0.2, 0.25) is 0 Å². The van der Waals surface area contributed by atoms with Crippen LogP contribution >= 0.6 is 11.8 Å². The van der Waals surface area contributed by atoms with E-state index in [-0.39, 0.29) is 11.9 Å². The third-order valence-corrected chi connectivity index (χ3v) is 4.89. The Bertz CT molecular complexity index is 652. The third kappa shape index (κ3) is 3.47. The molecular weight excluding hydrogens is 281 g/mol. The largest absolute Gasteiger partial charge is 0.328 e. The molecule has 1 unspecified atom stereocenters. The average Bonchev–Trinajstić information content (AvgIpc) is 2.88. The van der Waals surface area contributed by atoms with Crippen LogP contribution in [0.3, 0.4) is 0 Å². The summed E-state index contributed by atoms with van der Waals surface area (Å²) in [5, 5.41) is 0. The van der Waals surface area contributed by atoms with Gasteiger partial charge in [0.05, 0.1) is 0 Å². The minimum atomic E-state index is -0.154. The van der Waals surface area contributed by atoms with E-state index in [1.807, 2.05) is 19.1 Å². The summed E-state index contributed by atoms with van der Waals surface area (Å²) in [6.07, 6.45) is 4.28. The van der Waals surface area contributed by atoms with Crippen molar-refractivity contribution in [3.05, 3.63) is 58.9 Å². The molecule has 3 rings (SSSR count). The Morgan fingerprint density at radius 2 is 1.95 bits per heavy atom. The normalized spacial score (nSPS) is 15.0. The van der Waals surface area contributed by atoms with Gasteiger partial charge in [-0.2, -0.15) is 0 Å². The van der Waals surface area contributed by atoms with Crippen LogP contribution in [-0.4, -0.2) is 6.04 Å². The van der Waals surface area contributed by atoms with Crippen molar-refractivity contribution in [1.82, 2.24) is 0 Å². The van der Waals surface area contributed by atoms with Crippen LogP contribution in [0.25, 0.3) is 0 Å². The molecule has 3 heteroatoms. The van der Waals surface area contributed by atoms with E-state index in [0.717, 1.165) is 16.9 Å². The number of hydrogen-bond donors (Lipinski definition) is 1. The summed E-state index contributed by atoms with van der Waals surface area (Å²) in [5.41, 5.74) is 9.60. The van der Waals surface area contributed by atoms with Crippen LogP contribution in [0.4, 0.5) is 4.39 Å². The van der Waals surface area contributed by atoms with Crippen LogP contribution in [0.15, 0.2) is 46.2 Å². The van der Waals surface area contributed by atoms with Crippen molar-refractivity contribution in [2.45, 2.75) is 48.4 Å². The fourth-order valence-electron chi connectivity index (χ4n) is 2.86. The predicted octanol–water partition coefficient (Wildman–Crippen LogP) is 4.36. The maximum atomic E-state index is 14.2. The van der Waals surface area contributed by atoms with Crippen molar-refractivity contribution in [2.75, 3.05) is 0 Å². The molecule has 110 valence electrons. The van der Waals surface area contributed by atoms with E-state index in [1.165, 1.54) is 35.7 Å². The van der Waals surface area contributed by atoms with E-state index in [4.69, 9.17) is 5.73 Å². The molecule has 0 amide bonds. The highest BCUT2D eigenvalue weighted by atomic mass is 32.2. The first-order chi connectivity index (χ1) is 10.1. The maximum absolute atomic E-state index is 14.2. The van der Waals surface area contributed by atoms with Crippen molar-refractivity contribution < 1.29 is 4.39 Å². The number of aryl methyl sites for hydroxylation is 2. The molecule has 0 radical (unpaired) electrons. The molecule has 0 aromatic heterocycles. The Labute approximate surface area is 129 Å². The summed E-state index contributed by atoms with van der Waals surface area (Å²) >= 11 is 1.50. The molecule has 0 heterocycles. The molecular formula is C18H20FNS. The van der Waals surface area contributed by atoms with E-state index in [1.54, 1.807) is 6.07 Å². The summed E-state index contributed by atoms with van der Waals surface area (Å²) in [5.74, 6) is -0.154. The number of benzene rings is 2. The van der Waals surface area contributed by atoms with Gasteiger partial charge in [-0.05, 0) is 73.6 Å². The van der Waals surface area contributed by atoms with E-state index in [2.05, 4.69) is 18.2 Å². The number of halogens is 1. The predicted molar refractivity (Wildman–Crippen MR) is 86.3 cm³/mol. The second kappa shape index (κ2) is 6.20. The van der Waals surface area contributed by atoms with E-state index in [0.29, 0.717) is 11.3 Å². The van der Waals surface area contributed by atoms with Crippen LogP contribution in [-0.2, 0) is 19.3 Å². The highest BCUT2D eigenvalue weighted by Crippen LogP contribution is 2.33. The lowest BCUT2D eigenvalue weighted by Crippen LogP contribution is -2.17. The Hall–Kier alpha value is -1.32. The maximum Gasteiger partial charge on any atom is 0.137 e. The molecule has 1 aliphatic rings. The van der Waals surface area contributed by atoms with Crippen molar-refractivity contribution in [1.29, 1.82) is 0 Å². The zero-order chi connectivity index (χ0) is 14.8. The van der Waals surface area contributed by atoms with Crippen molar-refractivity contribution in [3.8, 4) is 0 Å². The van der Waals surface area contributed by atoms with E-state index < -0.39 is 0 Å². The van der Waals surface area contributed by atoms with Gasteiger partial charge in [-0.1, -0.05) is 23.9 Å². The van der Waals surface area contributed by atoms with Crippen molar-refractivity contribution in [2.24, 2.45) is 5.73 Å². The first-order valence-electron chi connectivity index (χ1n) is 7.45. The van der Waals surface area contributed by atoms with Gasteiger partial charge in [-0.3, -0.25) is 0 Å². The molecule has 21 heavy (non-hydrogen) atoms. The van der Waals surface area contributed by atoms with Gasteiger partial charge in [0.2, 0.25) is 0 Å². The van der Waals surface area contributed by atoms with Gasteiger partial charge in [0.25, 0.3) is 0 Å². The van der Waals surface area contributed by atoms with Crippen molar-refractivity contribution in [3.63, 3.8) is 0 Å². The molecule has 0 aliphatic heterocycles. The third-order valence-electron chi connectivity index (χ3n) is 3.85. The summed E-state index contributed by atoms with van der Waals surface area (Å²) in [4.78, 5) is 1.80. The molecule has 2 N–H and O–H groups in total. The van der Waals surface area contributed by atoms with Crippen LogP contribution in [0.1, 0.15) is 30.0 Å². The monoisotopic (exact) mass is 301 g/mol. The molecule has 0 bridgehead atoms. The number of fused-ring (bicyclic) bond motifs is 1. The highest BCUT2D eigenvalue weighted by Gasteiger charge is 2.12. The average molecular weight is 301 g/mol. The summed E-state index contributed by atoms with van der Waals surface area (Å²) in [6, 6.07) is 12.0. The zero-order valence-corrected chi connectivity index (χ0v) is 13.0. The second-order valence-electron chi connectivity index (χ2n) is 5.83.